The van der Waals surface area contributed by atoms with Gasteiger partial charge in [0.25, 0.3) is 0 Å². The Morgan fingerprint density at radius 1 is 1.54 bits per heavy atom. The molecule has 72 valence electrons. The third-order valence-corrected chi connectivity index (χ3v) is 2.06. The standard InChI is InChI=1S/C9H14N2O2/c1-6-4-5-7(13-6)9(2,3)8(12)11-10/h4-5H,10H2,1-3H3,(H,11,12). The summed E-state index contributed by atoms with van der Waals surface area (Å²) in [6.07, 6.45) is 0. The largest absolute Gasteiger partial charge is 0.465 e. The van der Waals surface area contributed by atoms with Gasteiger partial charge in [-0.1, -0.05) is 0 Å². The van der Waals surface area contributed by atoms with Crippen molar-refractivity contribution in [1.82, 2.24) is 5.43 Å². The summed E-state index contributed by atoms with van der Waals surface area (Å²) < 4.78 is 5.35. The van der Waals surface area contributed by atoms with Crippen molar-refractivity contribution in [2.75, 3.05) is 0 Å². The summed E-state index contributed by atoms with van der Waals surface area (Å²) in [5, 5.41) is 0. The van der Waals surface area contributed by atoms with Crippen LogP contribution in [0.4, 0.5) is 0 Å². The summed E-state index contributed by atoms with van der Waals surface area (Å²) in [4.78, 5) is 11.3. The van der Waals surface area contributed by atoms with Gasteiger partial charge in [0, 0.05) is 0 Å². The fraction of sp³-hybridized carbons (Fsp3) is 0.444. The van der Waals surface area contributed by atoms with Crippen molar-refractivity contribution in [1.29, 1.82) is 0 Å². The van der Waals surface area contributed by atoms with E-state index in [2.05, 4.69) is 5.43 Å². The molecule has 0 radical (unpaired) electrons. The van der Waals surface area contributed by atoms with E-state index in [0.717, 1.165) is 5.76 Å². The van der Waals surface area contributed by atoms with Crippen LogP contribution in [0.25, 0.3) is 0 Å². The van der Waals surface area contributed by atoms with Crippen LogP contribution in [0.5, 0.6) is 0 Å². The van der Waals surface area contributed by atoms with Crippen LogP contribution in [0.15, 0.2) is 16.5 Å². The maximum absolute atomic E-state index is 11.3. The Morgan fingerprint density at radius 3 is 2.54 bits per heavy atom. The molecule has 0 spiro atoms. The van der Waals surface area contributed by atoms with Gasteiger partial charge in [-0.15, -0.1) is 0 Å². The zero-order valence-electron chi connectivity index (χ0n) is 8.05. The summed E-state index contributed by atoms with van der Waals surface area (Å²) >= 11 is 0. The van der Waals surface area contributed by atoms with E-state index in [-0.39, 0.29) is 5.91 Å². The quantitative estimate of drug-likeness (QED) is 0.405. The van der Waals surface area contributed by atoms with Gasteiger partial charge < -0.3 is 4.42 Å². The Bertz CT molecular complexity index is 315. The summed E-state index contributed by atoms with van der Waals surface area (Å²) in [7, 11) is 0. The molecule has 0 saturated heterocycles. The molecule has 0 bridgehead atoms. The lowest BCUT2D eigenvalue weighted by Gasteiger charge is -2.19. The molecule has 0 atom stereocenters. The summed E-state index contributed by atoms with van der Waals surface area (Å²) in [5.41, 5.74) is 1.39. The number of nitrogens with one attached hydrogen (secondary N) is 1. The van der Waals surface area contributed by atoms with Crippen molar-refractivity contribution in [2.24, 2.45) is 5.84 Å². The molecular weight excluding hydrogens is 168 g/mol. The van der Waals surface area contributed by atoms with Gasteiger partial charge in [0.1, 0.15) is 16.9 Å². The van der Waals surface area contributed by atoms with E-state index in [4.69, 9.17) is 10.3 Å². The highest BCUT2D eigenvalue weighted by molar-refractivity contribution is 5.86. The smallest absolute Gasteiger partial charge is 0.247 e. The van der Waals surface area contributed by atoms with E-state index >= 15 is 0 Å². The Hall–Kier alpha value is -1.29. The SMILES string of the molecule is Cc1ccc(C(C)(C)C(=O)NN)o1. The number of amides is 1. The maximum atomic E-state index is 11.3. The molecule has 0 aliphatic carbocycles. The topological polar surface area (TPSA) is 68.3 Å². The van der Waals surface area contributed by atoms with Gasteiger partial charge in [0.05, 0.1) is 0 Å². The van der Waals surface area contributed by atoms with Gasteiger partial charge in [0.2, 0.25) is 5.91 Å². The summed E-state index contributed by atoms with van der Waals surface area (Å²) in [6, 6.07) is 3.60. The van der Waals surface area contributed by atoms with Gasteiger partial charge in [-0.25, -0.2) is 5.84 Å². The molecule has 1 rings (SSSR count). The molecule has 3 N–H and O–H groups in total. The Labute approximate surface area is 77.1 Å². The molecule has 0 aliphatic heterocycles. The fourth-order valence-corrected chi connectivity index (χ4v) is 1.06. The summed E-state index contributed by atoms with van der Waals surface area (Å²) in [5.74, 6) is 6.20. The van der Waals surface area contributed by atoms with Crippen LogP contribution in [0, 0.1) is 6.92 Å². The minimum absolute atomic E-state index is 0.262. The molecule has 0 unspecified atom stereocenters. The number of aryl methyl sites for hydroxylation is 1. The highest BCUT2D eigenvalue weighted by Crippen LogP contribution is 2.24. The first kappa shape index (κ1) is 9.80. The van der Waals surface area contributed by atoms with Crippen molar-refractivity contribution in [3.05, 3.63) is 23.7 Å². The van der Waals surface area contributed by atoms with E-state index in [1.165, 1.54) is 0 Å². The van der Waals surface area contributed by atoms with Crippen molar-refractivity contribution in [3.8, 4) is 0 Å². The number of nitrogens with two attached hydrogens (primary N) is 1. The zero-order chi connectivity index (χ0) is 10.1. The lowest BCUT2D eigenvalue weighted by atomic mass is 9.89. The lowest BCUT2D eigenvalue weighted by molar-refractivity contribution is -0.126. The molecule has 1 amide bonds. The van der Waals surface area contributed by atoms with Gasteiger partial charge in [-0.2, -0.15) is 0 Å². The van der Waals surface area contributed by atoms with Crippen molar-refractivity contribution in [2.45, 2.75) is 26.2 Å². The second-order valence-electron chi connectivity index (χ2n) is 3.51. The minimum Gasteiger partial charge on any atom is -0.465 e. The highest BCUT2D eigenvalue weighted by atomic mass is 16.3. The van der Waals surface area contributed by atoms with Gasteiger partial charge >= 0.3 is 0 Å². The molecule has 1 heterocycles. The Morgan fingerprint density at radius 2 is 2.15 bits per heavy atom. The second-order valence-corrected chi connectivity index (χ2v) is 3.51. The molecule has 1 aromatic rings. The third-order valence-electron chi connectivity index (χ3n) is 2.06. The monoisotopic (exact) mass is 182 g/mol. The van der Waals surface area contributed by atoms with Crippen LogP contribution in [-0.2, 0) is 10.2 Å². The first-order chi connectivity index (χ1) is 5.98. The lowest BCUT2D eigenvalue weighted by Crippen LogP contribution is -2.43. The molecule has 0 aromatic carbocycles. The van der Waals surface area contributed by atoms with Gasteiger partial charge in [0.15, 0.2) is 0 Å². The number of rotatable bonds is 2. The minimum atomic E-state index is -0.719. The highest BCUT2D eigenvalue weighted by Gasteiger charge is 2.32. The van der Waals surface area contributed by atoms with Crippen LogP contribution < -0.4 is 11.3 Å². The number of furan rings is 1. The Balaban J connectivity index is 2.99. The van der Waals surface area contributed by atoms with E-state index in [9.17, 15) is 4.79 Å². The molecule has 0 fully saturated rings. The Kier molecular flexibility index (Phi) is 2.43. The first-order valence-electron chi connectivity index (χ1n) is 4.06. The number of hydrogen-bond acceptors (Lipinski definition) is 3. The van der Waals surface area contributed by atoms with Crippen LogP contribution in [0.2, 0.25) is 0 Å². The van der Waals surface area contributed by atoms with Crippen LogP contribution in [-0.4, -0.2) is 5.91 Å². The van der Waals surface area contributed by atoms with E-state index in [0.29, 0.717) is 5.76 Å². The fourth-order valence-electron chi connectivity index (χ4n) is 1.06. The number of carbonyl (C=O) groups excluding carboxylic acids is 1. The van der Waals surface area contributed by atoms with E-state index < -0.39 is 5.41 Å². The molecule has 1 aromatic heterocycles. The molecular formula is C9H14N2O2. The first-order valence-corrected chi connectivity index (χ1v) is 4.06. The predicted octanol–water partition coefficient (Wildman–Crippen LogP) is 0.856. The molecule has 13 heavy (non-hydrogen) atoms. The molecule has 0 saturated carbocycles. The number of hydrogen-bond donors (Lipinski definition) is 2. The normalized spacial score (nSPS) is 11.4. The van der Waals surface area contributed by atoms with Crippen LogP contribution in [0.1, 0.15) is 25.4 Å². The second kappa shape index (κ2) is 3.22. The molecule has 4 nitrogen and oxygen atoms in total. The van der Waals surface area contributed by atoms with Crippen LogP contribution >= 0.6 is 0 Å². The van der Waals surface area contributed by atoms with Crippen molar-refractivity contribution in [3.63, 3.8) is 0 Å². The zero-order valence-corrected chi connectivity index (χ0v) is 8.05. The average Bonchev–Trinajstić information content (AvgIpc) is 2.50. The van der Waals surface area contributed by atoms with Gasteiger partial charge in [-0.3, -0.25) is 10.2 Å². The van der Waals surface area contributed by atoms with E-state index in [1.807, 2.05) is 13.0 Å². The van der Waals surface area contributed by atoms with Crippen LogP contribution in [0.3, 0.4) is 0 Å². The molecule has 4 heteroatoms. The number of carbonyl (C=O) groups is 1. The molecule has 0 aliphatic rings. The maximum Gasteiger partial charge on any atom is 0.247 e. The van der Waals surface area contributed by atoms with Gasteiger partial charge in [-0.05, 0) is 32.9 Å². The number of hydrazine groups is 1. The van der Waals surface area contributed by atoms with Crippen molar-refractivity contribution >= 4 is 5.91 Å². The average molecular weight is 182 g/mol. The van der Waals surface area contributed by atoms with Crippen molar-refractivity contribution < 1.29 is 9.21 Å². The third kappa shape index (κ3) is 1.72. The predicted molar refractivity (Wildman–Crippen MR) is 48.8 cm³/mol. The summed E-state index contributed by atoms with van der Waals surface area (Å²) in [6.45, 7) is 5.35. The van der Waals surface area contributed by atoms with E-state index in [1.54, 1.807) is 19.9 Å².